The van der Waals surface area contributed by atoms with Gasteiger partial charge in [0.05, 0.1) is 71.4 Å². The minimum absolute atomic E-state index is 0.00570. The molecular weight excluding hydrogens is 928 g/mol. The van der Waals surface area contributed by atoms with E-state index in [9.17, 15) is 42.6 Å². The Balaban J connectivity index is 1.13. The molecule has 1 aliphatic carbocycles. The lowest BCUT2D eigenvalue weighted by Crippen LogP contribution is -2.57. The second-order valence-electron chi connectivity index (χ2n) is 21.5. The number of hydrogen-bond acceptors (Lipinski definition) is 13. The van der Waals surface area contributed by atoms with E-state index in [1.165, 1.54) is 19.1 Å². The number of rotatable bonds is 16. The van der Waals surface area contributed by atoms with Gasteiger partial charge in [0.2, 0.25) is 17.6 Å². The Morgan fingerprint density at radius 3 is 2.30 bits per heavy atom. The molecule has 2 amide bonds. The standard InChI is InChI=1S/C53H76F3N3O12/c1-11-38(49(64)58-27-44(61)59-37-17-16-35(26-57)40(24-37)53(54,55)56)41-18-14-28(4)47(68-41)31(7)45(62)30(6)46(63)39(12-2)48-29(5)22-34-15-19-43(67-33(9)60)52(71-69-48)36(23-34)25-50(10,70-52)42-20-21-51(65,13-3)32(8)66-42/h15-17,19,24,28-32,34,36,38-39,41-43,45,47-48,62,65H,11-14,18,20-23,25,27H2,1-10H3,(H,58,64)(H,59,61)/t28-,29-,30-,31-,32-,34?,36-,38?,39-,41+,42+,43+,45+,47+,48-,50-,51+,52-/m0/s1. The summed E-state index contributed by atoms with van der Waals surface area (Å²) < 4.78 is 66.6. The minimum atomic E-state index is -4.81. The maximum atomic E-state index is 14.8. The Kier molecular flexibility index (Phi) is 18.0. The zero-order valence-electron chi connectivity index (χ0n) is 42.9. The number of aliphatic hydroxyl groups is 2. The number of nitriles is 1. The fourth-order valence-corrected chi connectivity index (χ4v) is 12.3. The number of ketones is 1. The van der Waals surface area contributed by atoms with Crippen molar-refractivity contribution in [2.45, 2.75) is 199 Å². The van der Waals surface area contributed by atoms with E-state index in [0.29, 0.717) is 70.3 Å². The average molecular weight is 1000 g/mol. The van der Waals surface area contributed by atoms with Crippen molar-refractivity contribution >= 4 is 29.3 Å². The van der Waals surface area contributed by atoms with E-state index in [1.54, 1.807) is 13.8 Å². The van der Waals surface area contributed by atoms with Gasteiger partial charge in [-0.2, -0.15) is 23.3 Å². The minimum Gasteiger partial charge on any atom is -0.452 e. The van der Waals surface area contributed by atoms with Gasteiger partial charge in [-0.1, -0.05) is 54.5 Å². The van der Waals surface area contributed by atoms with Crippen molar-refractivity contribution < 1.29 is 71.3 Å². The topological polar surface area (TPSA) is 212 Å². The molecule has 0 spiro atoms. The zero-order chi connectivity index (χ0) is 52.4. The number of ether oxygens (including phenoxy) is 4. The number of Topliss-reactive ketones (excluding diaryl/α,β-unsaturated/α-hetero) is 1. The molecule has 0 saturated carbocycles. The maximum absolute atomic E-state index is 14.8. The number of nitrogens with one attached hydrogen (secondary N) is 2. The van der Waals surface area contributed by atoms with Crippen LogP contribution in [0.15, 0.2) is 30.4 Å². The van der Waals surface area contributed by atoms with Gasteiger partial charge in [-0.05, 0) is 120 Å². The summed E-state index contributed by atoms with van der Waals surface area (Å²) >= 11 is 0. The molecule has 2 unspecified atom stereocenters. The average Bonchev–Trinajstić information content (AvgIpc) is 3.57. The number of carbonyl (C=O) groups excluding carboxylic acids is 4. The first-order valence-electron chi connectivity index (χ1n) is 25.7. The Bertz CT molecular complexity index is 2150. The van der Waals surface area contributed by atoms with Crippen molar-refractivity contribution in [3.8, 4) is 6.07 Å². The smallest absolute Gasteiger partial charge is 0.417 e. The van der Waals surface area contributed by atoms with E-state index in [2.05, 4.69) is 10.6 Å². The molecule has 0 aromatic heterocycles. The van der Waals surface area contributed by atoms with Crippen LogP contribution in [0.4, 0.5) is 18.9 Å². The lowest BCUT2D eigenvalue weighted by atomic mass is 9.74. The van der Waals surface area contributed by atoms with Crippen LogP contribution in [-0.2, 0) is 54.1 Å². The highest BCUT2D eigenvalue weighted by molar-refractivity contribution is 5.95. The van der Waals surface area contributed by atoms with Crippen molar-refractivity contribution in [1.82, 2.24) is 5.32 Å². The third-order valence-corrected chi connectivity index (χ3v) is 16.6. The maximum Gasteiger partial charge on any atom is 0.417 e. The molecule has 0 radical (unpaired) electrons. The van der Waals surface area contributed by atoms with Gasteiger partial charge in [-0.3, -0.25) is 19.2 Å². The van der Waals surface area contributed by atoms with Crippen LogP contribution in [0.25, 0.3) is 0 Å². The number of amides is 2. The van der Waals surface area contributed by atoms with Gasteiger partial charge < -0.3 is 39.8 Å². The second-order valence-corrected chi connectivity index (χ2v) is 21.5. The van der Waals surface area contributed by atoms with Crippen LogP contribution < -0.4 is 10.6 Å². The first-order chi connectivity index (χ1) is 33.3. The van der Waals surface area contributed by atoms with Crippen LogP contribution >= 0.6 is 0 Å². The Labute approximate surface area is 416 Å². The third kappa shape index (κ3) is 12.0. The molecule has 6 rings (SSSR count). The molecule has 18 atom stereocenters. The van der Waals surface area contributed by atoms with Gasteiger partial charge in [-0.25, -0.2) is 4.89 Å². The molecule has 4 heterocycles. The zero-order valence-corrected chi connectivity index (χ0v) is 42.9. The Morgan fingerprint density at radius 1 is 0.972 bits per heavy atom. The summed E-state index contributed by atoms with van der Waals surface area (Å²) in [5.41, 5.74) is -3.82. The van der Waals surface area contributed by atoms with Crippen molar-refractivity contribution in [2.24, 2.45) is 47.3 Å². The summed E-state index contributed by atoms with van der Waals surface area (Å²) in [6, 6.07) is 4.30. The fraction of sp³-hybridized carbons (Fsp3) is 0.755. The van der Waals surface area contributed by atoms with Crippen LogP contribution in [-0.4, -0.2) is 100 Å². The number of carbonyl (C=O) groups is 4. The molecule has 18 heteroatoms. The van der Waals surface area contributed by atoms with Crippen molar-refractivity contribution in [3.63, 3.8) is 0 Å². The van der Waals surface area contributed by atoms with E-state index < -0.39 is 125 Å². The van der Waals surface area contributed by atoms with Gasteiger partial charge in [0.1, 0.15) is 11.9 Å². The first kappa shape index (κ1) is 56.3. The SMILES string of the molecule is CCC(C(=O)NCC(=O)Nc1ccc(C#N)c(C(F)(F)F)c1)[C@H]1CC[C@H](C)[C@H]([C@@H](C)[C@H](O)[C@H](C)C(=O)[C@H](CC)[C@H]2OO[C@@]34O[C@](C)([C@H]5CC[C@](O)(CC)[C@H](C)O5)C[C@@H]3CC(C=C[C@H]4OC(C)=O)C[C@@H]2C)O1. The Hall–Kier alpha value is -3.96. The first-order valence-corrected chi connectivity index (χ1v) is 25.7. The van der Waals surface area contributed by atoms with Crippen molar-refractivity contribution in [3.05, 3.63) is 41.5 Å². The molecule has 4 aliphatic heterocycles. The quantitative estimate of drug-likeness (QED) is 0.0701. The number of benzene rings is 1. The predicted octanol–water partition coefficient (Wildman–Crippen LogP) is 8.13. The molecule has 2 bridgehead atoms. The number of esters is 1. The van der Waals surface area contributed by atoms with Crippen molar-refractivity contribution in [1.29, 1.82) is 5.26 Å². The van der Waals surface area contributed by atoms with E-state index in [4.69, 9.17) is 34.0 Å². The molecule has 4 saturated heterocycles. The van der Waals surface area contributed by atoms with E-state index >= 15 is 0 Å². The van der Waals surface area contributed by atoms with Crippen LogP contribution in [0.5, 0.6) is 0 Å². The fourth-order valence-electron chi connectivity index (χ4n) is 12.3. The van der Waals surface area contributed by atoms with Crippen molar-refractivity contribution in [2.75, 3.05) is 11.9 Å². The number of hydrogen-bond donors (Lipinski definition) is 4. The lowest BCUT2D eigenvalue weighted by Gasteiger charge is -2.47. The normalized spacial score (nSPS) is 36.3. The van der Waals surface area contributed by atoms with Gasteiger partial charge in [-0.15, -0.1) is 0 Å². The van der Waals surface area contributed by atoms with Gasteiger partial charge in [0.15, 0.2) is 6.10 Å². The Morgan fingerprint density at radius 2 is 1.68 bits per heavy atom. The van der Waals surface area contributed by atoms with Crippen LogP contribution in [0.3, 0.4) is 0 Å². The summed E-state index contributed by atoms with van der Waals surface area (Å²) in [4.78, 5) is 66.9. The van der Waals surface area contributed by atoms with Gasteiger partial charge in [0, 0.05) is 36.3 Å². The van der Waals surface area contributed by atoms with Crippen LogP contribution in [0.2, 0.25) is 0 Å². The van der Waals surface area contributed by atoms with E-state index in [0.717, 1.165) is 6.07 Å². The summed E-state index contributed by atoms with van der Waals surface area (Å²) in [5, 5.41) is 37.3. The molecule has 4 N–H and O–H groups in total. The molecule has 1 aromatic rings. The molecule has 1 aromatic carbocycles. The predicted molar refractivity (Wildman–Crippen MR) is 253 cm³/mol. The number of aliphatic hydroxyl groups excluding tert-OH is 1. The molecule has 4 fully saturated rings. The summed E-state index contributed by atoms with van der Waals surface area (Å²) in [6.07, 6.45) is -0.568. The summed E-state index contributed by atoms with van der Waals surface area (Å²) in [7, 11) is 0. The highest BCUT2D eigenvalue weighted by Gasteiger charge is 2.65. The highest BCUT2D eigenvalue weighted by atomic mass is 19.4. The van der Waals surface area contributed by atoms with E-state index in [1.807, 2.05) is 60.6 Å². The monoisotopic (exact) mass is 1000 g/mol. The summed E-state index contributed by atoms with van der Waals surface area (Å²) in [5.74, 6) is -6.97. The van der Waals surface area contributed by atoms with Gasteiger partial charge >= 0.3 is 12.1 Å². The van der Waals surface area contributed by atoms with Crippen LogP contribution in [0.1, 0.15) is 145 Å². The molecule has 5 aliphatic rings. The number of nitrogens with zero attached hydrogens (tertiary/aromatic N) is 1. The summed E-state index contributed by atoms with van der Waals surface area (Å²) in [6.45, 7) is 17.8. The number of alkyl halides is 3. The third-order valence-electron chi connectivity index (χ3n) is 16.6. The van der Waals surface area contributed by atoms with E-state index in [-0.39, 0.29) is 35.1 Å². The number of anilines is 1. The number of allylic oxidation sites excluding steroid dienone is 1. The number of fused-ring (bicyclic) bond motifs is 1. The molecule has 15 nitrogen and oxygen atoms in total. The number of halogens is 3. The molecular formula is C53H76F3N3O12. The molecule has 71 heavy (non-hydrogen) atoms. The largest absolute Gasteiger partial charge is 0.452 e. The second kappa shape index (κ2) is 22.7. The highest BCUT2D eigenvalue weighted by Crippen LogP contribution is 2.56. The van der Waals surface area contributed by atoms with Crippen LogP contribution in [0, 0.1) is 58.7 Å². The van der Waals surface area contributed by atoms with Gasteiger partial charge in [0.25, 0.3) is 0 Å². The molecule has 396 valence electrons. The lowest BCUT2D eigenvalue weighted by molar-refractivity contribution is -0.475.